The lowest BCUT2D eigenvalue weighted by molar-refractivity contribution is 0.0377. The van der Waals surface area contributed by atoms with E-state index in [-0.39, 0.29) is 66.1 Å². The van der Waals surface area contributed by atoms with Gasteiger partial charge in [-0.25, -0.2) is 28.8 Å². The number of anilines is 6. The molecule has 0 spiro atoms. The summed E-state index contributed by atoms with van der Waals surface area (Å²) < 4.78 is 64.9. The first kappa shape index (κ1) is 110. The first-order chi connectivity index (χ1) is 57.8. The second-order valence-corrected chi connectivity index (χ2v) is 30.2. The molecule has 6 aromatic rings. The van der Waals surface area contributed by atoms with Crippen molar-refractivity contribution in [3.63, 3.8) is 0 Å². The predicted molar refractivity (Wildman–Crippen MR) is 490 cm³/mol. The molecule has 0 saturated carbocycles. The summed E-state index contributed by atoms with van der Waals surface area (Å²) in [5.41, 5.74) is 40.5. The Morgan fingerprint density at radius 1 is 0.279 bits per heavy atom. The summed E-state index contributed by atoms with van der Waals surface area (Å²) >= 11 is 0. The number of unbranched alkanes of at least 4 members (excludes halogenated alkanes) is 2. The zero-order valence-corrected chi connectivity index (χ0v) is 77.5. The number of carbonyl (C=O) groups excluding carboxylic acids is 6. The number of hydrogen-bond acceptors (Lipinski definition) is 30. The van der Waals surface area contributed by atoms with Crippen molar-refractivity contribution in [1.29, 1.82) is 0 Å². The number of nitrogens with two attached hydrogens (primary N) is 6. The lowest BCUT2D eigenvalue weighted by Gasteiger charge is -2.25. The fourth-order valence-electron chi connectivity index (χ4n) is 9.59. The Balaban J connectivity index is 0.000000732. The molecule has 0 radical (unpaired) electrons. The lowest BCUT2D eigenvalue weighted by atomic mass is 10.2. The van der Waals surface area contributed by atoms with Gasteiger partial charge in [0, 0.05) is 71.5 Å². The van der Waals surface area contributed by atoms with E-state index >= 15 is 0 Å². The van der Waals surface area contributed by atoms with Gasteiger partial charge in [0.1, 0.15) is 90.8 Å². The first-order valence-electron chi connectivity index (χ1n) is 42.0. The molecule has 6 aromatic carbocycles. The van der Waals surface area contributed by atoms with Crippen molar-refractivity contribution < 1.29 is 85.6 Å². The number of ether oxygens (including phenoxy) is 12. The fourth-order valence-corrected chi connectivity index (χ4v) is 9.59. The minimum atomic E-state index is -0.392. The van der Waals surface area contributed by atoms with Crippen LogP contribution in [-0.2, 0) is 28.4 Å². The predicted octanol–water partition coefficient (Wildman–Crippen LogP) is 13.8. The highest BCUT2D eigenvalue weighted by atomic mass is 16.6. The van der Waals surface area contributed by atoms with Gasteiger partial charge >= 0.3 is 35.8 Å². The molecule has 0 aliphatic heterocycles. The van der Waals surface area contributed by atoms with Gasteiger partial charge < -0.3 is 116 Å². The SMILES string of the molecule is CCCCOc1cc(C(=O)OC[C@H](C)N(C)C)ccc1N.CCCCOc1cc(N)ccc1C(=O)OC[C@H](C)N(C)C.CCCOc1cc(C(=O)OC[C@H](C)N(C)C)ccc1N.CCCOc1cc(N)ccc1C(=O)OC[C@H](C)N(C)C.CCOc1cc(C(=O)OC[C@H](C)N(CC)CC)ccc1N.CCOc1cc(N)ccc1C(=O)OC[C@H](C)N(C)C. The molecule has 0 aromatic heterocycles. The van der Waals surface area contributed by atoms with Crippen molar-refractivity contribution >= 4 is 69.9 Å². The highest BCUT2D eigenvalue weighted by molar-refractivity contribution is 5.95. The zero-order valence-electron chi connectivity index (χ0n) is 77.5. The summed E-state index contributed by atoms with van der Waals surface area (Å²) in [4.78, 5) is 84.6. The maximum atomic E-state index is 12.2. The van der Waals surface area contributed by atoms with Crippen LogP contribution in [0.25, 0.3) is 0 Å². The standard InChI is InChI=1S/3C16H26N2O3.2C15H24N2O3.C14H22N2O3/c1-5-6-9-20-15-10-13(17)7-8-14(15)16(19)21-11-12(2)18(3)4;1-5-6-9-20-15-10-13(7-8-14(15)17)16(19)21-11-12(2)18(3)4;1-5-18(6-2)12(4)11-21-16(19)13-8-9-14(17)15(10-13)20-7-3;1-5-8-19-14-9-12(16)6-7-13(14)15(18)20-10-11(2)17(3)4;1-5-8-19-14-9-12(6-7-13(14)16)15(18)20-10-11(2)17(3)4;1-5-18-13-8-11(15)6-7-12(13)14(17)19-9-10(2)16(3)4/h2*7-8,10,12H,5-6,9,11,17H2,1-4H3;8-10,12H,5-7,11,17H2,1-4H3;2*6-7,9,11H,5,8,10,16H2,1-4H3;6-8,10H,5,9,15H2,1-4H3/t3*12-;2*11-;10-/m000000/s1. The summed E-state index contributed by atoms with van der Waals surface area (Å²) in [6.45, 7) is 35.3. The molecular weight excluding hydrogens is 1560 g/mol. The Hall–Kier alpha value is -10.5. The van der Waals surface area contributed by atoms with Crippen LogP contribution >= 0.6 is 0 Å². The average Bonchev–Trinajstić information content (AvgIpc) is 0.856. The van der Waals surface area contributed by atoms with Crippen LogP contribution in [0.5, 0.6) is 34.5 Å². The third kappa shape index (κ3) is 42.8. The van der Waals surface area contributed by atoms with E-state index in [4.69, 9.17) is 91.2 Å². The number of benzene rings is 6. The molecule has 0 heterocycles. The molecule has 0 saturated heterocycles. The number of rotatable bonds is 44. The molecule has 122 heavy (non-hydrogen) atoms. The fraction of sp³-hybridized carbons (Fsp3) is 0.543. The summed E-state index contributed by atoms with van der Waals surface area (Å²) in [5, 5.41) is 0. The van der Waals surface area contributed by atoms with Crippen LogP contribution in [-0.4, -0.2) is 264 Å². The van der Waals surface area contributed by atoms with Crippen LogP contribution in [0, 0.1) is 0 Å². The van der Waals surface area contributed by atoms with Gasteiger partial charge in [0.15, 0.2) is 0 Å². The van der Waals surface area contributed by atoms with E-state index < -0.39 is 5.97 Å². The van der Waals surface area contributed by atoms with Gasteiger partial charge in [-0.05, 0) is 256 Å². The summed E-state index contributed by atoms with van der Waals surface area (Å²) in [6, 6.07) is 30.8. The Labute approximate surface area is 727 Å². The van der Waals surface area contributed by atoms with Crippen LogP contribution in [0.4, 0.5) is 34.1 Å². The highest BCUT2D eigenvalue weighted by Crippen LogP contribution is 2.29. The number of likely N-dealkylation sites (N-methyl/N-ethyl adjacent to an activating group) is 6. The molecule has 0 amide bonds. The minimum absolute atomic E-state index is 0.159. The van der Waals surface area contributed by atoms with Crippen molar-refractivity contribution in [2.45, 2.75) is 172 Å². The molecule has 6 rings (SSSR count). The highest BCUT2D eigenvalue weighted by Gasteiger charge is 2.23. The van der Waals surface area contributed by atoms with Crippen molar-refractivity contribution in [2.75, 3.05) is 197 Å². The van der Waals surface area contributed by atoms with E-state index in [1.807, 2.05) is 157 Å². The van der Waals surface area contributed by atoms with E-state index in [9.17, 15) is 28.8 Å². The van der Waals surface area contributed by atoms with E-state index in [1.165, 1.54) is 0 Å². The quantitative estimate of drug-likeness (QED) is 0.00895. The van der Waals surface area contributed by atoms with Gasteiger partial charge in [0.05, 0.1) is 73.4 Å². The molecule has 6 atom stereocenters. The third-order valence-electron chi connectivity index (χ3n) is 19.0. The largest absolute Gasteiger partial charge is 0.493 e. The smallest absolute Gasteiger partial charge is 0.341 e. The van der Waals surface area contributed by atoms with Gasteiger partial charge in [-0.2, -0.15) is 0 Å². The van der Waals surface area contributed by atoms with Crippen LogP contribution in [0.15, 0.2) is 109 Å². The number of hydrogen-bond donors (Lipinski definition) is 6. The molecule has 0 unspecified atom stereocenters. The molecule has 12 N–H and O–H groups in total. The number of nitrogen functional groups attached to an aromatic ring is 6. The summed E-state index contributed by atoms with van der Waals surface area (Å²) in [6.07, 6.45) is 5.71. The molecular formula is C92H148N12O18. The lowest BCUT2D eigenvalue weighted by Crippen LogP contribution is -2.36. The van der Waals surface area contributed by atoms with Crippen molar-refractivity contribution in [3.05, 3.63) is 143 Å². The summed E-state index contributed by atoms with van der Waals surface area (Å²) in [7, 11) is 19.4. The number of esters is 6. The van der Waals surface area contributed by atoms with Crippen LogP contribution < -0.4 is 62.8 Å². The van der Waals surface area contributed by atoms with Gasteiger partial charge in [-0.15, -0.1) is 0 Å². The van der Waals surface area contributed by atoms with E-state index in [1.54, 1.807) is 109 Å². The van der Waals surface area contributed by atoms with Gasteiger partial charge in [-0.3, -0.25) is 4.90 Å². The van der Waals surface area contributed by atoms with Gasteiger partial charge in [0.2, 0.25) is 0 Å². The Morgan fingerprint density at radius 2 is 0.516 bits per heavy atom. The Kier molecular flexibility index (Phi) is 54.7. The van der Waals surface area contributed by atoms with Crippen LogP contribution in [0.2, 0.25) is 0 Å². The third-order valence-corrected chi connectivity index (χ3v) is 19.0. The maximum Gasteiger partial charge on any atom is 0.341 e. The zero-order chi connectivity index (χ0) is 92.1. The average molecular weight is 1710 g/mol. The molecule has 0 fully saturated rings. The van der Waals surface area contributed by atoms with Crippen molar-refractivity contribution in [1.82, 2.24) is 29.4 Å². The Morgan fingerprint density at radius 3 is 0.779 bits per heavy atom. The second-order valence-electron chi connectivity index (χ2n) is 30.2. The first-order valence-corrected chi connectivity index (χ1v) is 42.0. The molecule has 30 heteroatoms. The topological polar surface area (TPSA) is 389 Å². The van der Waals surface area contributed by atoms with Gasteiger partial charge in [-0.1, -0.05) is 54.4 Å². The van der Waals surface area contributed by atoms with E-state index in [0.717, 1.165) is 51.6 Å². The summed E-state index contributed by atoms with van der Waals surface area (Å²) in [5.74, 6) is 0.797. The van der Waals surface area contributed by atoms with E-state index in [2.05, 4.69) is 39.5 Å². The molecule has 0 bridgehead atoms. The second kappa shape index (κ2) is 60.9. The minimum Gasteiger partial charge on any atom is -0.493 e. The van der Waals surface area contributed by atoms with Gasteiger partial charge in [0.25, 0.3) is 0 Å². The van der Waals surface area contributed by atoms with Crippen LogP contribution in [0.3, 0.4) is 0 Å². The maximum absolute atomic E-state index is 12.2. The molecule has 684 valence electrons. The van der Waals surface area contributed by atoms with Crippen molar-refractivity contribution in [2.24, 2.45) is 0 Å². The number of carbonyl (C=O) groups is 6. The Bertz CT molecular complexity index is 4010. The molecule has 30 nitrogen and oxygen atoms in total. The van der Waals surface area contributed by atoms with E-state index in [0.29, 0.717) is 181 Å². The van der Waals surface area contributed by atoms with Crippen molar-refractivity contribution in [3.8, 4) is 34.5 Å². The molecule has 0 aliphatic rings. The molecule has 0 aliphatic carbocycles. The number of nitrogens with zero attached hydrogens (tertiary/aromatic N) is 6. The normalized spacial score (nSPS) is 12.2. The monoisotopic (exact) mass is 1710 g/mol. The van der Waals surface area contributed by atoms with Crippen LogP contribution in [0.1, 0.15) is 198 Å².